The Kier molecular flexibility index (Phi) is 5.35. The van der Waals surface area contributed by atoms with Crippen LogP contribution in [-0.4, -0.2) is 11.0 Å². The first-order valence-electron chi connectivity index (χ1n) is 6.41. The molecule has 1 aromatic carbocycles. The summed E-state index contributed by atoms with van der Waals surface area (Å²) in [6.45, 7) is 3.90. The summed E-state index contributed by atoms with van der Waals surface area (Å²) in [7, 11) is 0. The highest BCUT2D eigenvalue weighted by Gasteiger charge is 2.33. The molecule has 1 N–H and O–H groups in total. The first-order valence-corrected chi connectivity index (χ1v) is 6.41. The SMILES string of the molecule is CCCC(CC)Nc1ccc(C(F)(F)F)cc1[N+](=O)[O-]. The van der Waals surface area contributed by atoms with Crippen LogP contribution in [0.5, 0.6) is 0 Å². The number of halogens is 3. The zero-order valence-corrected chi connectivity index (χ0v) is 11.3. The average molecular weight is 290 g/mol. The number of alkyl halides is 3. The van der Waals surface area contributed by atoms with E-state index in [9.17, 15) is 23.3 Å². The molecule has 1 unspecified atom stereocenters. The maximum absolute atomic E-state index is 12.6. The quantitative estimate of drug-likeness (QED) is 0.615. The summed E-state index contributed by atoms with van der Waals surface area (Å²) >= 11 is 0. The molecule has 0 fully saturated rings. The fraction of sp³-hybridized carbons (Fsp3) is 0.538. The van der Waals surface area contributed by atoms with Gasteiger partial charge in [-0.3, -0.25) is 10.1 Å². The van der Waals surface area contributed by atoms with Gasteiger partial charge in [-0.25, -0.2) is 0 Å². The normalized spacial score (nSPS) is 13.1. The van der Waals surface area contributed by atoms with Gasteiger partial charge >= 0.3 is 6.18 Å². The lowest BCUT2D eigenvalue weighted by Crippen LogP contribution is -2.19. The van der Waals surface area contributed by atoms with E-state index < -0.39 is 22.4 Å². The van der Waals surface area contributed by atoms with Crippen molar-refractivity contribution in [3.8, 4) is 0 Å². The van der Waals surface area contributed by atoms with Crippen LogP contribution in [-0.2, 0) is 6.18 Å². The number of benzene rings is 1. The molecule has 0 heterocycles. The molecule has 1 atom stereocenters. The van der Waals surface area contributed by atoms with Crippen LogP contribution in [0.4, 0.5) is 24.5 Å². The van der Waals surface area contributed by atoms with Gasteiger partial charge in [0.2, 0.25) is 0 Å². The van der Waals surface area contributed by atoms with Crippen LogP contribution in [0.25, 0.3) is 0 Å². The maximum atomic E-state index is 12.6. The third-order valence-electron chi connectivity index (χ3n) is 3.01. The van der Waals surface area contributed by atoms with Crippen LogP contribution in [0.2, 0.25) is 0 Å². The molecule has 0 aliphatic heterocycles. The molecule has 0 bridgehead atoms. The van der Waals surface area contributed by atoms with E-state index in [4.69, 9.17) is 0 Å². The van der Waals surface area contributed by atoms with Gasteiger partial charge in [0, 0.05) is 12.1 Å². The van der Waals surface area contributed by atoms with E-state index >= 15 is 0 Å². The van der Waals surface area contributed by atoms with E-state index in [0.29, 0.717) is 6.07 Å². The minimum atomic E-state index is -4.59. The minimum absolute atomic E-state index is 0.00966. The molecule has 1 rings (SSSR count). The van der Waals surface area contributed by atoms with Crippen LogP contribution in [0.1, 0.15) is 38.7 Å². The number of hydrogen-bond donors (Lipinski definition) is 1. The van der Waals surface area contributed by atoms with Gasteiger partial charge in [-0.15, -0.1) is 0 Å². The molecule has 0 aliphatic carbocycles. The fourth-order valence-electron chi connectivity index (χ4n) is 1.93. The molecule has 7 heteroatoms. The molecule has 0 spiro atoms. The molecule has 0 radical (unpaired) electrons. The van der Waals surface area contributed by atoms with Crippen molar-refractivity contribution in [1.29, 1.82) is 0 Å². The number of rotatable bonds is 6. The van der Waals surface area contributed by atoms with Crippen molar-refractivity contribution >= 4 is 11.4 Å². The number of nitrogens with one attached hydrogen (secondary N) is 1. The van der Waals surface area contributed by atoms with Gasteiger partial charge in [0.1, 0.15) is 5.69 Å². The second-order valence-corrected chi connectivity index (χ2v) is 4.52. The number of nitro benzene ring substituents is 1. The highest BCUT2D eigenvalue weighted by Crippen LogP contribution is 2.35. The highest BCUT2D eigenvalue weighted by atomic mass is 19.4. The van der Waals surface area contributed by atoms with E-state index in [1.54, 1.807) is 0 Å². The Bertz CT molecular complexity index is 475. The van der Waals surface area contributed by atoms with Gasteiger partial charge in [-0.05, 0) is 25.0 Å². The smallest absolute Gasteiger partial charge is 0.377 e. The van der Waals surface area contributed by atoms with Gasteiger partial charge in [0.25, 0.3) is 5.69 Å². The second kappa shape index (κ2) is 6.58. The zero-order chi connectivity index (χ0) is 15.3. The van der Waals surface area contributed by atoms with Gasteiger partial charge < -0.3 is 5.32 Å². The molecule has 0 saturated carbocycles. The summed E-state index contributed by atoms with van der Waals surface area (Å²) < 4.78 is 37.7. The van der Waals surface area contributed by atoms with E-state index in [1.165, 1.54) is 0 Å². The van der Waals surface area contributed by atoms with Crippen molar-refractivity contribution in [3.05, 3.63) is 33.9 Å². The molecule has 20 heavy (non-hydrogen) atoms. The monoisotopic (exact) mass is 290 g/mol. The van der Waals surface area contributed by atoms with Crippen molar-refractivity contribution in [1.82, 2.24) is 0 Å². The first kappa shape index (κ1) is 16.3. The Balaban J connectivity index is 3.10. The Hall–Kier alpha value is -1.79. The Labute approximate surface area is 115 Å². The van der Waals surface area contributed by atoms with Crippen LogP contribution < -0.4 is 5.32 Å². The lowest BCUT2D eigenvalue weighted by atomic mass is 10.1. The Morgan fingerprint density at radius 3 is 2.45 bits per heavy atom. The summed E-state index contributed by atoms with van der Waals surface area (Å²) in [5.74, 6) is 0. The van der Waals surface area contributed by atoms with Crippen molar-refractivity contribution < 1.29 is 18.1 Å². The third-order valence-corrected chi connectivity index (χ3v) is 3.01. The van der Waals surface area contributed by atoms with Crippen molar-refractivity contribution in [2.24, 2.45) is 0 Å². The topological polar surface area (TPSA) is 55.2 Å². The maximum Gasteiger partial charge on any atom is 0.416 e. The lowest BCUT2D eigenvalue weighted by molar-refractivity contribution is -0.384. The molecular weight excluding hydrogens is 273 g/mol. The molecule has 4 nitrogen and oxygen atoms in total. The second-order valence-electron chi connectivity index (χ2n) is 4.52. The van der Waals surface area contributed by atoms with Crippen LogP contribution >= 0.6 is 0 Å². The van der Waals surface area contributed by atoms with E-state index in [1.807, 2.05) is 13.8 Å². The van der Waals surface area contributed by atoms with E-state index in [-0.39, 0.29) is 11.7 Å². The molecule has 0 aromatic heterocycles. The summed E-state index contributed by atoms with van der Waals surface area (Å²) in [4.78, 5) is 10.1. The Morgan fingerprint density at radius 2 is 2.00 bits per heavy atom. The van der Waals surface area contributed by atoms with Gasteiger partial charge in [-0.2, -0.15) is 13.2 Å². The predicted molar refractivity (Wildman–Crippen MR) is 70.7 cm³/mol. The lowest BCUT2D eigenvalue weighted by Gasteiger charge is -2.18. The van der Waals surface area contributed by atoms with E-state index in [0.717, 1.165) is 31.4 Å². The van der Waals surface area contributed by atoms with Crippen molar-refractivity contribution in [2.75, 3.05) is 5.32 Å². The van der Waals surface area contributed by atoms with Gasteiger partial charge in [0.05, 0.1) is 10.5 Å². The Morgan fingerprint density at radius 1 is 1.35 bits per heavy atom. The minimum Gasteiger partial charge on any atom is -0.377 e. The number of anilines is 1. The third kappa shape index (κ3) is 4.11. The summed E-state index contributed by atoms with van der Waals surface area (Å²) in [5.41, 5.74) is -1.43. The van der Waals surface area contributed by atoms with E-state index in [2.05, 4.69) is 5.32 Å². The molecule has 1 aromatic rings. The highest BCUT2D eigenvalue weighted by molar-refractivity contribution is 5.63. The predicted octanol–water partition coefficient (Wildman–Crippen LogP) is 4.60. The molecule has 0 saturated heterocycles. The van der Waals surface area contributed by atoms with Crippen molar-refractivity contribution in [3.63, 3.8) is 0 Å². The zero-order valence-electron chi connectivity index (χ0n) is 11.3. The number of nitrogens with zero attached hydrogens (tertiary/aromatic N) is 1. The van der Waals surface area contributed by atoms with Crippen LogP contribution in [0.3, 0.4) is 0 Å². The largest absolute Gasteiger partial charge is 0.416 e. The van der Waals surface area contributed by atoms with Crippen LogP contribution in [0.15, 0.2) is 18.2 Å². The van der Waals surface area contributed by atoms with Crippen molar-refractivity contribution in [2.45, 2.75) is 45.3 Å². The molecule has 0 amide bonds. The first-order chi connectivity index (χ1) is 9.29. The van der Waals surface area contributed by atoms with Gasteiger partial charge in [-0.1, -0.05) is 20.3 Å². The summed E-state index contributed by atoms with van der Waals surface area (Å²) in [6, 6.07) is 2.56. The molecule has 0 aliphatic rings. The van der Waals surface area contributed by atoms with Crippen LogP contribution in [0, 0.1) is 10.1 Å². The van der Waals surface area contributed by atoms with Gasteiger partial charge in [0.15, 0.2) is 0 Å². The molecule has 112 valence electrons. The standard InChI is InChI=1S/C13H17F3N2O2/c1-3-5-10(4-2)17-11-7-6-9(13(14,15)16)8-12(11)18(19)20/h6-8,10,17H,3-5H2,1-2H3. The summed E-state index contributed by atoms with van der Waals surface area (Å²) in [6.07, 6.45) is -2.16. The number of hydrogen-bond acceptors (Lipinski definition) is 3. The number of nitro groups is 1. The summed E-state index contributed by atoms with van der Waals surface area (Å²) in [5, 5.41) is 13.9. The fourth-order valence-corrected chi connectivity index (χ4v) is 1.93. The average Bonchev–Trinajstić information content (AvgIpc) is 2.36. The molecular formula is C13H17F3N2O2.